The van der Waals surface area contributed by atoms with E-state index in [1.165, 1.54) is 0 Å². The number of aliphatic imine (C=N–C) groups is 1. The number of guanidine groups is 1. The van der Waals surface area contributed by atoms with Gasteiger partial charge >= 0.3 is 0 Å². The quantitative estimate of drug-likeness (QED) is 0.169. The van der Waals surface area contributed by atoms with Crippen molar-refractivity contribution >= 4 is 29.9 Å². The van der Waals surface area contributed by atoms with Crippen molar-refractivity contribution in [2.24, 2.45) is 4.99 Å². The van der Waals surface area contributed by atoms with E-state index in [4.69, 9.17) is 14.2 Å². The summed E-state index contributed by atoms with van der Waals surface area (Å²) >= 11 is 0. The molecule has 2 rings (SSSR count). The smallest absolute Gasteiger partial charge is 0.191 e. The molecule has 0 bridgehead atoms. The van der Waals surface area contributed by atoms with Gasteiger partial charge in [0.2, 0.25) is 0 Å². The standard InChI is InChI=1S/C22H38N4O4.HI/c1-5-23-22(25-18-7-10-26(11-8-18)9-6-12-28-2)24-16-21(27)17-13-19(29-3)15-20(14-17)30-4;/h13-15,18,21,27H,5-12,16H2,1-4H3,(H2,23,24,25);1H. The number of rotatable bonds is 11. The highest BCUT2D eigenvalue weighted by Gasteiger charge is 2.20. The van der Waals surface area contributed by atoms with Crippen molar-refractivity contribution in [3.05, 3.63) is 23.8 Å². The van der Waals surface area contributed by atoms with Gasteiger partial charge in [0.05, 0.1) is 26.9 Å². The molecule has 9 heteroatoms. The van der Waals surface area contributed by atoms with Crippen LogP contribution in [0.25, 0.3) is 0 Å². The highest BCUT2D eigenvalue weighted by atomic mass is 127. The van der Waals surface area contributed by atoms with E-state index >= 15 is 0 Å². The molecular formula is C22H39IN4O4. The molecule has 1 atom stereocenters. The van der Waals surface area contributed by atoms with Crippen molar-refractivity contribution in [1.29, 1.82) is 0 Å². The van der Waals surface area contributed by atoms with Crippen LogP contribution < -0.4 is 20.1 Å². The molecule has 1 unspecified atom stereocenters. The first-order valence-corrected chi connectivity index (χ1v) is 10.8. The molecule has 3 N–H and O–H groups in total. The first-order chi connectivity index (χ1) is 14.6. The maximum atomic E-state index is 10.6. The van der Waals surface area contributed by atoms with Crippen LogP contribution in [-0.2, 0) is 4.74 Å². The van der Waals surface area contributed by atoms with E-state index in [1.807, 2.05) is 19.1 Å². The number of nitrogens with zero attached hydrogens (tertiary/aromatic N) is 2. The Hall–Kier alpha value is -1.30. The molecule has 0 spiro atoms. The minimum absolute atomic E-state index is 0. The average molecular weight is 550 g/mol. The van der Waals surface area contributed by atoms with Crippen LogP contribution in [0.3, 0.4) is 0 Å². The third-order valence-corrected chi connectivity index (χ3v) is 5.28. The molecule has 31 heavy (non-hydrogen) atoms. The number of aliphatic hydroxyl groups excluding tert-OH is 1. The van der Waals surface area contributed by atoms with Gasteiger partial charge in [0, 0.05) is 52.0 Å². The summed E-state index contributed by atoms with van der Waals surface area (Å²) in [6.07, 6.45) is 2.48. The minimum atomic E-state index is -0.743. The number of hydrogen-bond donors (Lipinski definition) is 3. The van der Waals surface area contributed by atoms with Gasteiger partial charge in [-0.25, -0.2) is 0 Å². The highest BCUT2D eigenvalue weighted by Crippen LogP contribution is 2.26. The molecule has 0 radical (unpaired) electrons. The van der Waals surface area contributed by atoms with Gasteiger partial charge < -0.3 is 34.9 Å². The Bertz CT molecular complexity index is 632. The second-order valence-electron chi connectivity index (χ2n) is 7.49. The van der Waals surface area contributed by atoms with Crippen LogP contribution in [0.4, 0.5) is 0 Å². The number of aliphatic hydroxyl groups is 1. The number of hydrogen-bond acceptors (Lipinski definition) is 6. The normalized spacial score (nSPS) is 16.4. The predicted octanol–water partition coefficient (Wildman–Crippen LogP) is 2.41. The van der Waals surface area contributed by atoms with Crippen molar-refractivity contribution in [3.8, 4) is 11.5 Å². The maximum Gasteiger partial charge on any atom is 0.191 e. The number of halogens is 1. The van der Waals surface area contributed by atoms with Gasteiger partial charge in [0.1, 0.15) is 11.5 Å². The highest BCUT2D eigenvalue weighted by molar-refractivity contribution is 14.0. The Morgan fingerprint density at radius 2 is 1.81 bits per heavy atom. The lowest BCUT2D eigenvalue weighted by atomic mass is 10.1. The van der Waals surface area contributed by atoms with Gasteiger partial charge in [-0.05, 0) is 43.9 Å². The van der Waals surface area contributed by atoms with Crippen molar-refractivity contribution < 1.29 is 19.3 Å². The summed E-state index contributed by atoms with van der Waals surface area (Å²) in [5.41, 5.74) is 0.718. The molecule has 0 aliphatic carbocycles. The Labute approximate surface area is 203 Å². The van der Waals surface area contributed by atoms with E-state index in [2.05, 4.69) is 20.5 Å². The first kappa shape index (κ1) is 27.7. The van der Waals surface area contributed by atoms with Crippen LogP contribution >= 0.6 is 24.0 Å². The zero-order chi connectivity index (χ0) is 21.8. The largest absolute Gasteiger partial charge is 0.497 e. The number of methoxy groups -OCH3 is 3. The van der Waals surface area contributed by atoms with E-state index in [-0.39, 0.29) is 30.5 Å². The lowest BCUT2D eigenvalue weighted by Gasteiger charge is -2.33. The minimum Gasteiger partial charge on any atom is -0.497 e. The van der Waals surface area contributed by atoms with Crippen molar-refractivity contribution in [2.45, 2.75) is 38.3 Å². The Balaban J connectivity index is 0.00000480. The van der Waals surface area contributed by atoms with E-state index < -0.39 is 6.10 Å². The van der Waals surface area contributed by atoms with E-state index in [9.17, 15) is 5.11 Å². The molecule has 1 aromatic rings. The summed E-state index contributed by atoms with van der Waals surface area (Å²) in [5.74, 6) is 2.04. The molecule has 1 aromatic carbocycles. The van der Waals surface area contributed by atoms with Gasteiger partial charge in [-0.3, -0.25) is 4.99 Å². The van der Waals surface area contributed by atoms with E-state index in [0.717, 1.165) is 63.6 Å². The second-order valence-corrected chi connectivity index (χ2v) is 7.49. The number of nitrogens with one attached hydrogen (secondary N) is 2. The molecule has 178 valence electrons. The summed E-state index contributed by atoms with van der Waals surface area (Å²) in [7, 11) is 4.94. The SMILES string of the molecule is CCNC(=NCC(O)c1cc(OC)cc(OC)c1)NC1CCN(CCCOC)CC1.I. The molecular weight excluding hydrogens is 511 g/mol. The van der Waals surface area contributed by atoms with Gasteiger partial charge in [-0.1, -0.05) is 0 Å². The predicted molar refractivity (Wildman–Crippen MR) is 135 cm³/mol. The summed E-state index contributed by atoms with van der Waals surface area (Å²) < 4.78 is 15.7. The summed E-state index contributed by atoms with van der Waals surface area (Å²) in [6.45, 7) is 7.12. The van der Waals surface area contributed by atoms with Crippen LogP contribution in [0.5, 0.6) is 11.5 Å². The molecule has 8 nitrogen and oxygen atoms in total. The molecule has 1 fully saturated rings. The molecule has 1 saturated heterocycles. The summed E-state index contributed by atoms with van der Waals surface area (Å²) in [6, 6.07) is 5.79. The summed E-state index contributed by atoms with van der Waals surface area (Å²) in [4.78, 5) is 7.09. The average Bonchev–Trinajstić information content (AvgIpc) is 2.78. The number of likely N-dealkylation sites (tertiary alicyclic amines) is 1. The summed E-state index contributed by atoms with van der Waals surface area (Å²) in [5, 5.41) is 17.4. The molecule has 1 heterocycles. The van der Waals surface area contributed by atoms with Crippen LogP contribution in [0, 0.1) is 0 Å². The van der Waals surface area contributed by atoms with Crippen LogP contribution in [0.2, 0.25) is 0 Å². The molecule has 1 aliphatic heterocycles. The van der Waals surface area contributed by atoms with Gasteiger partial charge in [0.15, 0.2) is 5.96 Å². The van der Waals surface area contributed by atoms with Crippen LogP contribution in [0.15, 0.2) is 23.2 Å². The van der Waals surface area contributed by atoms with Gasteiger partial charge in [-0.2, -0.15) is 0 Å². The number of piperidine rings is 1. The van der Waals surface area contributed by atoms with Crippen molar-refractivity contribution in [3.63, 3.8) is 0 Å². The van der Waals surface area contributed by atoms with E-state index in [0.29, 0.717) is 17.5 Å². The second kappa shape index (κ2) is 15.5. The third kappa shape index (κ3) is 9.80. The van der Waals surface area contributed by atoms with Crippen molar-refractivity contribution in [1.82, 2.24) is 15.5 Å². The Morgan fingerprint density at radius 1 is 1.16 bits per heavy atom. The van der Waals surface area contributed by atoms with E-state index in [1.54, 1.807) is 27.4 Å². The monoisotopic (exact) mass is 550 g/mol. The topological polar surface area (TPSA) is 87.6 Å². The zero-order valence-corrected chi connectivity index (χ0v) is 21.6. The Kier molecular flexibility index (Phi) is 13.9. The number of benzene rings is 1. The number of ether oxygens (including phenoxy) is 3. The lowest BCUT2D eigenvalue weighted by molar-refractivity contribution is 0.155. The molecule has 0 aromatic heterocycles. The maximum absolute atomic E-state index is 10.6. The Morgan fingerprint density at radius 3 is 2.35 bits per heavy atom. The zero-order valence-electron chi connectivity index (χ0n) is 19.2. The molecule has 0 amide bonds. The fourth-order valence-corrected chi connectivity index (χ4v) is 3.55. The fourth-order valence-electron chi connectivity index (χ4n) is 3.55. The van der Waals surface area contributed by atoms with Crippen LogP contribution in [-0.4, -0.2) is 82.7 Å². The van der Waals surface area contributed by atoms with Gasteiger partial charge in [0.25, 0.3) is 0 Å². The first-order valence-electron chi connectivity index (χ1n) is 10.8. The molecule has 0 saturated carbocycles. The van der Waals surface area contributed by atoms with Gasteiger partial charge in [-0.15, -0.1) is 24.0 Å². The fraction of sp³-hybridized carbons (Fsp3) is 0.682. The van der Waals surface area contributed by atoms with Crippen LogP contribution in [0.1, 0.15) is 37.9 Å². The molecule has 1 aliphatic rings. The third-order valence-electron chi connectivity index (χ3n) is 5.28. The van der Waals surface area contributed by atoms with Crippen molar-refractivity contribution in [2.75, 3.05) is 60.7 Å². The lowest BCUT2D eigenvalue weighted by Crippen LogP contribution is -2.49.